The van der Waals surface area contributed by atoms with Crippen LogP contribution in [0.25, 0.3) is 0 Å². The topological polar surface area (TPSA) is 0 Å². The first-order valence-corrected chi connectivity index (χ1v) is 7.09. The molecule has 21 heavy (non-hydrogen) atoms. The van der Waals surface area contributed by atoms with Crippen molar-refractivity contribution in [2.45, 2.75) is 12.8 Å². The number of benzene rings is 2. The minimum Gasteiger partial charge on any atom is -0.159 e. The van der Waals surface area contributed by atoms with E-state index in [4.69, 9.17) is 0 Å². The van der Waals surface area contributed by atoms with Crippen LogP contribution in [0.4, 0.5) is 0 Å². The summed E-state index contributed by atoms with van der Waals surface area (Å²) in [5.41, 5.74) is 5.60. The van der Waals surface area contributed by atoms with Crippen molar-refractivity contribution in [3.05, 3.63) is 108 Å². The van der Waals surface area contributed by atoms with Gasteiger partial charge in [-0.15, -0.1) is 83.6 Å². The van der Waals surface area contributed by atoms with Gasteiger partial charge in [0.15, 0.2) is 0 Å². The standard InChI is InChI=1S/2C10H9.Ca/c2*1-2-6-10-8-4-3-7-9(10)5-1;/h2*1-7H,8H2;/q2*-1;+2. The van der Waals surface area contributed by atoms with Crippen LogP contribution in [-0.2, 0) is 12.8 Å². The molecular weight excluding hydrogens is 280 g/mol. The summed E-state index contributed by atoms with van der Waals surface area (Å²) < 4.78 is 0. The van der Waals surface area contributed by atoms with E-state index in [1.165, 1.54) is 22.3 Å². The molecule has 0 unspecified atom stereocenters. The van der Waals surface area contributed by atoms with Crippen molar-refractivity contribution in [3.8, 4) is 0 Å². The van der Waals surface area contributed by atoms with Gasteiger partial charge in [-0.25, -0.2) is 0 Å². The van der Waals surface area contributed by atoms with Gasteiger partial charge in [0.05, 0.1) is 0 Å². The molecule has 4 rings (SSSR count). The molecule has 2 aliphatic rings. The molecule has 0 saturated carbocycles. The molecule has 0 saturated heterocycles. The number of allylic oxidation sites excluding steroid dienone is 4. The summed E-state index contributed by atoms with van der Waals surface area (Å²) >= 11 is 0. The largest absolute Gasteiger partial charge is 2.00 e. The van der Waals surface area contributed by atoms with E-state index in [0.717, 1.165) is 12.8 Å². The van der Waals surface area contributed by atoms with Crippen molar-refractivity contribution in [1.82, 2.24) is 0 Å². The van der Waals surface area contributed by atoms with Crippen LogP contribution in [0, 0.1) is 12.8 Å². The minimum atomic E-state index is 0. The first kappa shape index (κ1) is 16.3. The summed E-state index contributed by atoms with van der Waals surface area (Å²) in [6.07, 6.45) is 15.1. The van der Waals surface area contributed by atoms with Crippen LogP contribution in [0.15, 0.2) is 72.8 Å². The smallest absolute Gasteiger partial charge is 0.159 e. The fourth-order valence-corrected chi connectivity index (χ4v) is 2.50. The Kier molecular flexibility index (Phi) is 6.50. The summed E-state index contributed by atoms with van der Waals surface area (Å²) in [7, 11) is 0. The van der Waals surface area contributed by atoms with Gasteiger partial charge < -0.3 is 0 Å². The van der Waals surface area contributed by atoms with Crippen LogP contribution < -0.4 is 0 Å². The van der Waals surface area contributed by atoms with E-state index in [1.54, 1.807) is 0 Å². The molecule has 0 aliphatic heterocycles. The van der Waals surface area contributed by atoms with E-state index in [2.05, 4.69) is 85.7 Å². The summed E-state index contributed by atoms with van der Waals surface area (Å²) in [6, 6.07) is 17.0. The molecule has 1 heteroatoms. The SMILES string of the molecule is C1=CCc2ccccc2[CH-]1.C1=CCc2ccccc2[CH-]1.[Ca+2]. The molecule has 0 aromatic heterocycles. The minimum absolute atomic E-state index is 0. The third-order valence-corrected chi connectivity index (χ3v) is 3.61. The monoisotopic (exact) mass is 298 g/mol. The second kappa shape index (κ2) is 8.38. The molecule has 0 fully saturated rings. The third kappa shape index (κ3) is 4.44. The maximum atomic E-state index is 2.18. The maximum Gasteiger partial charge on any atom is 2.00 e. The average Bonchev–Trinajstić information content (AvgIpc) is 2.56. The molecule has 0 heterocycles. The van der Waals surface area contributed by atoms with Gasteiger partial charge in [0.2, 0.25) is 0 Å². The molecular formula is C20H18Ca. The van der Waals surface area contributed by atoms with Crippen molar-refractivity contribution in [1.29, 1.82) is 0 Å². The molecule has 2 aliphatic carbocycles. The van der Waals surface area contributed by atoms with Gasteiger partial charge in [0.1, 0.15) is 0 Å². The Morgan fingerprint density at radius 3 is 1.48 bits per heavy atom. The number of rotatable bonds is 0. The molecule has 0 bridgehead atoms. The number of hydrogen-bond acceptors (Lipinski definition) is 0. The first-order valence-electron chi connectivity index (χ1n) is 7.09. The Labute approximate surface area is 157 Å². The molecule has 0 atom stereocenters. The van der Waals surface area contributed by atoms with Crippen molar-refractivity contribution in [2.75, 3.05) is 0 Å². The van der Waals surface area contributed by atoms with Crippen molar-refractivity contribution in [2.24, 2.45) is 0 Å². The first-order chi connectivity index (χ1) is 9.93. The molecule has 2 aromatic rings. The summed E-state index contributed by atoms with van der Waals surface area (Å²) in [5, 5.41) is 0. The Morgan fingerprint density at radius 1 is 0.619 bits per heavy atom. The van der Waals surface area contributed by atoms with Crippen LogP contribution in [-0.4, -0.2) is 37.7 Å². The van der Waals surface area contributed by atoms with Gasteiger partial charge in [-0.05, 0) is 0 Å². The second-order valence-electron chi connectivity index (χ2n) is 5.00. The van der Waals surface area contributed by atoms with Gasteiger partial charge in [-0.3, -0.25) is 0 Å². The van der Waals surface area contributed by atoms with E-state index in [1.807, 2.05) is 0 Å². The predicted octanol–water partition coefficient (Wildman–Crippen LogP) is 4.32. The second-order valence-corrected chi connectivity index (χ2v) is 5.00. The van der Waals surface area contributed by atoms with Crippen molar-refractivity contribution < 1.29 is 0 Å². The summed E-state index contributed by atoms with van der Waals surface area (Å²) in [5.74, 6) is 0. The molecule has 100 valence electrons. The summed E-state index contributed by atoms with van der Waals surface area (Å²) in [6.45, 7) is 0. The summed E-state index contributed by atoms with van der Waals surface area (Å²) in [4.78, 5) is 0. The van der Waals surface area contributed by atoms with Crippen molar-refractivity contribution in [3.63, 3.8) is 0 Å². The van der Waals surface area contributed by atoms with Crippen LogP contribution in [0.5, 0.6) is 0 Å². The molecule has 0 nitrogen and oxygen atoms in total. The fourth-order valence-electron chi connectivity index (χ4n) is 2.50. The molecule has 0 N–H and O–H groups in total. The zero-order valence-electron chi connectivity index (χ0n) is 12.2. The van der Waals surface area contributed by atoms with E-state index in [-0.39, 0.29) is 37.7 Å². The third-order valence-electron chi connectivity index (χ3n) is 3.61. The van der Waals surface area contributed by atoms with Gasteiger partial charge in [0.25, 0.3) is 0 Å². The van der Waals surface area contributed by atoms with Crippen molar-refractivity contribution >= 4 is 37.7 Å². The molecule has 0 radical (unpaired) electrons. The number of hydrogen-bond donors (Lipinski definition) is 0. The van der Waals surface area contributed by atoms with E-state index >= 15 is 0 Å². The molecule has 0 spiro atoms. The predicted molar refractivity (Wildman–Crippen MR) is 91.1 cm³/mol. The normalized spacial score (nSPS) is 13.3. The Balaban J connectivity index is 0.000000147. The maximum absolute atomic E-state index is 2.18. The Bertz CT molecular complexity index is 526. The fraction of sp³-hybridized carbons (Fsp3) is 0.100. The van der Waals surface area contributed by atoms with Crippen LogP contribution >= 0.6 is 0 Å². The Hall–Kier alpha value is -1.08. The van der Waals surface area contributed by atoms with Gasteiger partial charge in [0, 0.05) is 0 Å². The Morgan fingerprint density at radius 2 is 1.05 bits per heavy atom. The van der Waals surface area contributed by atoms with Gasteiger partial charge >= 0.3 is 37.7 Å². The zero-order chi connectivity index (χ0) is 13.6. The van der Waals surface area contributed by atoms with E-state index in [9.17, 15) is 0 Å². The van der Waals surface area contributed by atoms with Crippen LogP contribution in [0.3, 0.4) is 0 Å². The van der Waals surface area contributed by atoms with Gasteiger partial charge in [-0.2, -0.15) is 12.2 Å². The quantitative estimate of drug-likeness (QED) is 0.502. The van der Waals surface area contributed by atoms with Crippen LogP contribution in [0.2, 0.25) is 0 Å². The molecule has 0 amide bonds. The van der Waals surface area contributed by atoms with Crippen LogP contribution in [0.1, 0.15) is 22.3 Å². The average molecular weight is 298 g/mol. The zero-order valence-corrected chi connectivity index (χ0v) is 14.4. The molecule has 2 aromatic carbocycles. The van der Waals surface area contributed by atoms with E-state index < -0.39 is 0 Å². The van der Waals surface area contributed by atoms with Gasteiger partial charge in [-0.1, -0.05) is 25.0 Å². The number of fused-ring (bicyclic) bond motifs is 2. The van der Waals surface area contributed by atoms with E-state index in [0.29, 0.717) is 0 Å².